The normalized spacial score (nSPS) is 11.3. The van der Waals surface area contributed by atoms with E-state index in [1.54, 1.807) is 95.7 Å². The number of sulfonamides is 1. The highest BCUT2D eigenvalue weighted by Crippen LogP contribution is 2.35. The first-order valence-corrected chi connectivity index (χ1v) is 13.7. The van der Waals surface area contributed by atoms with Gasteiger partial charge < -0.3 is 29.6 Å². The SMILES string of the molecule is COc1cc(OC)cc(-c2ccc(OC)c(S(=O)(=O)Nc3cccc(NCCNC(=O)OC(C)(C)C)c3)c2)c1. The summed E-state index contributed by atoms with van der Waals surface area (Å²) in [6.07, 6.45) is -0.505. The Bertz CT molecular complexity index is 1380. The highest BCUT2D eigenvalue weighted by molar-refractivity contribution is 7.92. The highest BCUT2D eigenvalue weighted by Gasteiger charge is 2.21. The van der Waals surface area contributed by atoms with E-state index in [1.807, 2.05) is 0 Å². The van der Waals surface area contributed by atoms with Gasteiger partial charge in [0.1, 0.15) is 27.7 Å². The number of methoxy groups -OCH3 is 3. The van der Waals surface area contributed by atoms with Gasteiger partial charge in [0.05, 0.1) is 27.0 Å². The Kier molecular flexibility index (Phi) is 9.52. The minimum Gasteiger partial charge on any atom is -0.497 e. The summed E-state index contributed by atoms with van der Waals surface area (Å²) in [7, 11) is 0.485. The maximum absolute atomic E-state index is 13.4. The molecule has 39 heavy (non-hydrogen) atoms. The molecule has 0 aliphatic carbocycles. The zero-order chi connectivity index (χ0) is 28.6. The first-order chi connectivity index (χ1) is 18.4. The molecule has 0 atom stereocenters. The van der Waals surface area contributed by atoms with Crippen molar-refractivity contribution in [1.82, 2.24) is 5.32 Å². The second-order valence-electron chi connectivity index (χ2n) is 9.51. The number of hydrogen-bond acceptors (Lipinski definition) is 8. The molecule has 3 rings (SSSR count). The summed E-state index contributed by atoms with van der Waals surface area (Å²) in [4.78, 5) is 11.8. The third-order valence-corrected chi connectivity index (χ3v) is 6.78. The molecule has 0 heterocycles. The first kappa shape index (κ1) is 29.4. The average molecular weight is 558 g/mol. The average Bonchev–Trinajstić information content (AvgIpc) is 2.89. The maximum Gasteiger partial charge on any atom is 0.407 e. The van der Waals surface area contributed by atoms with Crippen LogP contribution in [0.4, 0.5) is 16.2 Å². The van der Waals surface area contributed by atoms with Crippen LogP contribution in [-0.4, -0.2) is 54.5 Å². The van der Waals surface area contributed by atoms with Crippen LogP contribution in [0.5, 0.6) is 17.2 Å². The molecule has 0 aromatic heterocycles. The number of carbonyl (C=O) groups excluding carboxylic acids is 1. The van der Waals surface area contributed by atoms with E-state index in [4.69, 9.17) is 18.9 Å². The number of ether oxygens (including phenoxy) is 4. The zero-order valence-electron chi connectivity index (χ0n) is 23.0. The Balaban J connectivity index is 1.77. The van der Waals surface area contributed by atoms with Crippen molar-refractivity contribution in [2.75, 3.05) is 44.5 Å². The van der Waals surface area contributed by atoms with Crippen molar-refractivity contribution in [1.29, 1.82) is 0 Å². The molecular formula is C28H35N3O7S. The predicted molar refractivity (Wildman–Crippen MR) is 152 cm³/mol. The van der Waals surface area contributed by atoms with Crippen LogP contribution in [0.2, 0.25) is 0 Å². The van der Waals surface area contributed by atoms with Gasteiger partial charge in [-0.25, -0.2) is 13.2 Å². The van der Waals surface area contributed by atoms with Crippen molar-refractivity contribution in [2.45, 2.75) is 31.3 Å². The summed E-state index contributed by atoms with van der Waals surface area (Å²) in [6, 6.07) is 17.1. The molecule has 3 aromatic rings. The first-order valence-electron chi connectivity index (χ1n) is 12.2. The van der Waals surface area contributed by atoms with Crippen molar-refractivity contribution in [3.05, 3.63) is 60.7 Å². The van der Waals surface area contributed by atoms with E-state index in [0.717, 1.165) is 5.56 Å². The van der Waals surface area contributed by atoms with E-state index >= 15 is 0 Å². The number of rotatable bonds is 11. The fourth-order valence-electron chi connectivity index (χ4n) is 3.63. The molecule has 0 aliphatic heterocycles. The molecular weight excluding hydrogens is 522 g/mol. The van der Waals surface area contributed by atoms with Crippen molar-refractivity contribution in [2.24, 2.45) is 0 Å². The van der Waals surface area contributed by atoms with Crippen LogP contribution in [0.3, 0.4) is 0 Å². The van der Waals surface area contributed by atoms with Crippen LogP contribution in [0.15, 0.2) is 65.6 Å². The molecule has 3 N–H and O–H groups in total. The standard InChI is InChI=1S/C28H35N3O7S/c1-28(2,3)38-27(32)30-13-12-29-21-8-7-9-22(17-21)31-39(33,34)26-16-19(10-11-25(26)37-6)20-14-23(35-4)18-24(15-20)36-5/h7-11,14-18,29,31H,12-13H2,1-6H3,(H,30,32). The molecule has 0 aliphatic rings. The van der Waals surface area contributed by atoms with Gasteiger partial charge in [-0.05, 0) is 74.4 Å². The van der Waals surface area contributed by atoms with E-state index < -0.39 is 21.7 Å². The molecule has 0 spiro atoms. The number of benzene rings is 3. The number of alkyl carbamates (subject to hydrolysis) is 1. The van der Waals surface area contributed by atoms with Gasteiger partial charge in [-0.1, -0.05) is 12.1 Å². The van der Waals surface area contributed by atoms with Gasteiger partial charge in [0.15, 0.2) is 0 Å². The zero-order valence-corrected chi connectivity index (χ0v) is 23.8. The highest BCUT2D eigenvalue weighted by atomic mass is 32.2. The Hall–Kier alpha value is -4.12. The fraction of sp³-hybridized carbons (Fsp3) is 0.321. The number of nitrogens with one attached hydrogen (secondary N) is 3. The number of carbonyl (C=O) groups is 1. The Morgan fingerprint density at radius 2 is 1.46 bits per heavy atom. The molecule has 0 fully saturated rings. The third-order valence-electron chi connectivity index (χ3n) is 5.38. The van der Waals surface area contributed by atoms with E-state index in [-0.39, 0.29) is 10.6 Å². The Labute approximate surface area is 229 Å². The molecule has 10 nitrogen and oxygen atoms in total. The lowest BCUT2D eigenvalue weighted by Gasteiger charge is -2.19. The van der Waals surface area contributed by atoms with Gasteiger partial charge in [-0.3, -0.25) is 4.72 Å². The van der Waals surface area contributed by atoms with Crippen LogP contribution >= 0.6 is 0 Å². The van der Waals surface area contributed by atoms with Gasteiger partial charge >= 0.3 is 6.09 Å². The maximum atomic E-state index is 13.4. The lowest BCUT2D eigenvalue weighted by atomic mass is 10.0. The van der Waals surface area contributed by atoms with E-state index in [0.29, 0.717) is 41.5 Å². The summed E-state index contributed by atoms with van der Waals surface area (Å²) < 4.78 is 50.8. The van der Waals surface area contributed by atoms with Gasteiger partial charge in [-0.2, -0.15) is 0 Å². The van der Waals surface area contributed by atoms with Crippen LogP contribution in [0.25, 0.3) is 11.1 Å². The lowest BCUT2D eigenvalue weighted by molar-refractivity contribution is 0.0530. The summed E-state index contributed by atoms with van der Waals surface area (Å²) in [6.45, 7) is 6.11. The topological polar surface area (TPSA) is 124 Å². The summed E-state index contributed by atoms with van der Waals surface area (Å²) in [5.41, 5.74) is 1.81. The fourth-order valence-corrected chi connectivity index (χ4v) is 4.87. The number of hydrogen-bond donors (Lipinski definition) is 3. The van der Waals surface area contributed by atoms with Crippen molar-refractivity contribution in [3.63, 3.8) is 0 Å². The molecule has 0 saturated heterocycles. The molecule has 11 heteroatoms. The van der Waals surface area contributed by atoms with Crippen LogP contribution in [0, 0.1) is 0 Å². The lowest BCUT2D eigenvalue weighted by Crippen LogP contribution is -2.34. The molecule has 210 valence electrons. The second-order valence-corrected chi connectivity index (χ2v) is 11.2. The Morgan fingerprint density at radius 1 is 0.795 bits per heavy atom. The number of anilines is 2. The molecule has 0 radical (unpaired) electrons. The predicted octanol–water partition coefficient (Wildman–Crippen LogP) is 5.12. The number of amides is 1. The smallest absolute Gasteiger partial charge is 0.407 e. The van der Waals surface area contributed by atoms with Crippen LogP contribution in [0.1, 0.15) is 20.8 Å². The summed E-state index contributed by atoms with van der Waals surface area (Å²) in [5.74, 6) is 1.35. The summed E-state index contributed by atoms with van der Waals surface area (Å²) >= 11 is 0. The molecule has 1 amide bonds. The minimum absolute atomic E-state index is 0.0239. The van der Waals surface area contributed by atoms with Crippen molar-refractivity contribution in [3.8, 4) is 28.4 Å². The van der Waals surface area contributed by atoms with E-state index in [2.05, 4.69) is 15.4 Å². The monoisotopic (exact) mass is 557 g/mol. The van der Waals surface area contributed by atoms with E-state index in [9.17, 15) is 13.2 Å². The van der Waals surface area contributed by atoms with Gasteiger partial charge in [-0.15, -0.1) is 0 Å². The van der Waals surface area contributed by atoms with Crippen LogP contribution in [-0.2, 0) is 14.8 Å². The second kappa shape index (κ2) is 12.6. The molecule has 0 bridgehead atoms. The van der Waals surface area contributed by atoms with Gasteiger partial charge in [0.2, 0.25) is 0 Å². The Morgan fingerprint density at radius 3 is 2.08 bits per heavy atom. The van der Waals surface area contributed by atoms with Crippen molar-refractivity contribution >= 4 is 27.5 Å². The van der Waals surface area contributed by atoms with Gasteiger partial charge in [0.25, 0.3) is 10.0 Å². The van der Waals surface area contributed by atoms with Crippen LogP contribution < -0.4 is 29.6 Å². The van der Waals surface area contributed by atoms with Crippen molar-refractivity contribution < 1.29 is 32.2 Å². The molecule has 0 saturated carbocycles. The molecule has 0 unspecified atom stereocenters. The van der Waals surface area contributed by atoms with E-state index in [1.165, 1.54) is 7.11 Å². The summed E-state index contributed by atoms with van der Waals surface area (Å²) in [5, 5.41) is 5.81. The quantitative estimate of drug-likeness (QED) is 0.278. The van der Waals surface area contributed by atoms with Gasteiger partial charge in [0, 0.05) is 24.8 Å². The molecule has 3 aromatic carbocycles. The largest absolute Gasteiger partial charge is 0.497 e. The minimum atomic E-state index is -4.03. The third kappa shape index (κ3) is 8.44.